The van der Waals surface area contributed by atoms with Crippen LogP contribution in [-0.4, -0.2) is 53.1 Å². The van der Waals surface area contributed by atoms with Gasteiger partial charge < -0.3 is 14.5 Å². The van der Waals surface area contributed by atoms with Gasteiger partial charge in [-0.3, -0.25) is 4.79 Å². The van der Waals surface area contributed by atoms with E-state index in [9.17, 15) is 4.79 Å². The van der Waals surface area contributed by atoms with E-state index in [1.165, 1.54) is 11.3 Å². The van der Waals surface area contributed by atoms with Gasteiger partial charge in [-0.1, -0.05) is 39.8 Å². The summed E-state index contributed by atoms with van der Waals surface area (Å²) in [7, 11) is 1.63. The van der Waals surface area contributed by atoms with Crippen LogP contribution in [0.5, 0.6) is 5.75 Å². The Bertz CT molecular complexity index is 889. The predicted molar refractivity (Wildman–Crippen MR) is 130 cm³/mol. The van der Waals surface area contributed by atoms with Gasteiger partial charge in [0.2, 0.25) is 0 Å². The van der Waals surface area contributed by atoms with Crippen molar-refractivity contribution in [3.63, 3.8) is 0 Å². The highest BCUT2D eigenvalue weighted by atomic mass is 32.1. The van der Waals surface area contributed by atoms with Crippen molar-refractivity contribution in [2.24, 2.45) is 0 Å². The number of hydrogen-bond acceptors (Lipinski definition) is 6. The summed E-state index contributed by atoms with van der Waals surface area (Å²) < 4.78 is 5.23. The average Bonchev–Trinajstić information content (AvgIpc) is 3.39. The maximum atomic E-state index is 13.1. The SMILES string of the molecule is C/C=C\c1c(C)ncnc1N1CCN(C(=O)c2cc(OC)cs2)C2(CC2)C1.CC.CC. The zero-order chi connectivity index (χ0) is 23.0. The van der Waals surface area contributed by atoms with E-state index in [0.29, 0.717) is 6.54 Å². The topological polar surface area (TPSA) is 58.6 Å². The second-order valence-corrected chi connectivity index (χ2v) is 8.06. The van der Waals surface area contributed by atoms with E-state index < -0.39 is 0 Å². The van der Waals surface area contributed by atoms with Gasteiger partial charge in [0.05, 0.1) is 23.2 Å². The van der Waals surface area contributed by atoms with Crippen LogP contribution >= 0.6 is 11.3 Å². The highest BCUT2D eigenvalue weighted by molar-refractivity contribution is 7.12. The summed E-state index contributed by atoms with van der Waals surface area (Å²) in [5.74, 6) is 1.84. The first-order valence-electron chi connectivity index (χ1n) is 11.2. The van der Waals surface area contributed by atoms with Gasteiger partial charge in [-0.25, -0.2) is 9.97 Å². The Kier molecular flexibility index (Phi) is 9.04. The van der Waals surface area contributed by atoms with Crippen molar-refractivity contribution < 1.29 is 9.53 Å². The molecule has 2 aromatic heterocycles. The molecule has 31 heavy (non-hydrogen) atoms. The molecule has 6 nitrogen and oxygen atoms in total. The van der Waals surface area contributed by atoms with Crippen LogP contribution in [0.1, 0.15) is 68.4 Å². The molecule has 0 unspecified atom stereocenters. The number of aryl methyl sites for hydroxylation is 1. The molecular formula is C24H36N4O2S. The molecule has 1 saturated carbocycles. The molecule has 0 atom stereocenters. The third-order valence-corrected chi connectivity index (χ3v) is 6.34. The van der Waals surface area contributed by atoms with Gasteiger partial charge in [0, 0.05) is 36.6 Å². The lowest BCUT2D eigenvalue weighted by atomic mass is 10.1. The number of rotatable bonds is 4. The molecule has 0 bridgehead atoms. The molecule has 1 aliphatic carbocycles. The van der Waals surface area contributed by atoms with Crippen LogP contribution in [0, 0.1) is 6.92 Å². The first kappa shape index (κ1) is 24.9. The molecule has 4 rings (SSSR count). The Balaban J connectivity index is 0.000000807. The number of nitrogens with zero attached hydrogens (tertiary/aromatic N) is 4. The van der Waals surface area contributed by atoms with E-state index in [1.807, 2.05) is 59.1 Å². The van der Waals surface area contributed by atoms with Gasteiger partial charge in [-0.05, 0) is 26.7 Å². The van der Waals surface area contributed by atoms with Crippen LogP contribution < -0.4 is 9.64 Å². The lowest BCUT2D eigenvalue weighted by Crippen LogP contribution is -2.57. The summed E-state index contributed by atoms with van der Waals surface area (Å²) in [4.78, 5) is 27.1. The summed E-state index contributed by atoms with van der Waals surface area (Å²) >= 11 is 1.45. The molecule has 1 spiro atoms. The fraction of sp³-hybridized carbons (Fsp3) is 0.542. The Morgan fingerprint density at radius 2 is 1.90 bits per heavy atom. The molecule has 2 aromatic rings. The number of piperazine rings is 1. The minimum atomic E-state index is -0.0708. The fourth-order valence-corrected chi connectivity index (χ4v) is 4.61. The quantitative estimate of drug-likeness (QED) is 0.629. The van der Waals surface area contributed by atoms with E-state index in [0.717, 1.165) is 53.6 Å². The van der Waals surface area contributed by atoms with Gasteiger partial charge in [0.15, 0.2) is 0 Å². The number of ether oxygens (including phenoxy) is 1. The van der Waals surface area contributed by atoms with Crippen molar-refractivity contribution in [3.05, 3.63) is 40.0 Å². The van der Waals surface area contributed by atoms with Crippen molar-refractivity contribution in [1.82, 2.24) is 14.9 Å². The third kappa shape index (κ3) is 5.26. The molecule has 1 saturated heterocycles. The lowest BCUT2D eigenvalue weighted by Gasteiger charge is -2.43. The zero-order valence-corrected chi connectivity index (χ0v) is 20.8. The van der Waals surface area contributed by atoms with E-state index in [-0.39, 0.29) is 11.4 Å². The van der Waals surface area contributed by atoms with Crippen molar-refractivity contribution in [1.29, 1.82) is 0 Å². The molecule has 2 aliphatic rings. The van der Waals surface area contributed by atoms with E-state index in [2.05, 4.69) is 25.8 Å². The van der Waals surface area contributed by atoms with Crippen molar-refractivity contribution in [2.45, 2.75) is 59.9 Å². The van der Waals surface area contributed by atoms with E-state index >= 15 is 0 Å². The van der Waals surface area contributed by atoms with Crippen LogP contribution in [0.3, 0.4) is 0 Å². The summed E-state index contributed by atoms with van der Waals surface area (Å²) in [5.41, 5.74) is 1.98. The molecule has 2 fully saturated rings. The second-order valence-electron chi connectivity index (χ2n) is 7.15. The lowest BCUT2D eigenvalue weighted by molar-refractivity contribution is 0.0629. The number of carbonyl (C=O) groups is 1. The molecule has 0 N–H and O–H groups in total. The second kappa shape index (κ2) is 11.3. The van der Waals surface area contributed by atoms with Gasteiger partial charge in [0.25, 0.3) is 5.91 Å². The smallest absolute Gasteiger partial charge is 0.264 e. The summed E-state index contributed by atoms with van der Waals surface area (Å²) in [6, 6.07) is 1.84. The number of amides is 1. The first-order chi connectivity index (χ1) is 15.1. The fourth-order valence-electron chi connectivity index (χ4n) is 3.80. The van der Waals surface area contributed by atoms with Gasteiger partial charge in [-0.2, -0.15) is 0 Å². The van der Waals surface area contributed by atoms with Crippen LogP contribution in [-0.2, 0) is 0 Å². The van der Waals surface area contributed by atoms with Crippen LogP contribution in [0.4, 0.5) is 5.82 Å². The molecule has 1 amide bonds. The number of anilines is 1. The maximum Gasteiger partial charge on any atom is 0.264 e. The minimum absolute atomic E-state index is 0.0708. The monoisotopic (exact) mass is 444 g/mol. The Morgan fingerprint density at radius 3 is 2.48 bits per heavy atom. The summed E-state index contributed by atoms with van der Waals surface area (Å²) in [6.45, 7) is 14.3. The Morgan fingerprint density at radius 1 is 1.19 bits per heavy atom. The van der Waals surface area contributed by atoms with E-state index in [4.69, 9.17) is 4.74 Å². The minimum Gasteiger partial charge on any atom is -0.496 e. The van der Waals surface area contributed by atoms with Gasteiger partial charge in [0.1, 0.15) is 17.9 Å². The predicted octanol–water partition coefficient (Wildman–Crippen LogP) is 5.44. The number of carbonyl (C=O) groups excluding carboxylic acids is 1. The van der Waals surface area contributed by atoms with Gasteiger partial charge in [-0.15, -0.1) is 11.3 Å². The standard InChI is InChI=1S/C20H24N4O2S.2C2H6/c1-4-5-16-14(2)21-13-22-18(16)23-8-9-24(20(12-23)6-7-20)19(25)17-10-15(26-3)11-27-17;2*1-2/h4-5,10-11,13H,6-9,12H2,1-3H3;2*1-2H3/b5-4-;;. The molecule has 7 heteroatoms. The molecular weight excluding hydrogens is 408 g/mol. The van der Waals surface area contributed by atoms with Crippen LogP contribution in [0.2, 0.25) is 0 Å². The van der Waals surface area contributed by atoms with Gasteiger partial charge >= 0.3 is 0 Å². The third-order valence-electron chi connectivity index (χ3n) is 5.44. The highest BCUT2D eigenvalue weighted by Gasteiger charge is 2.53. The molecule has 170 valence electrons. The summed E-state index contributed by atoms with van der Waals surface area (Å²) in [5, 5.41) is 1.89. The average molecular weight is 445 g/mol. The number of thiophene rings is 1. The zero-order valence-electron chi connectivity index (χ0n) is 19.9. The Labute approximate surface area is 191 Å². The number of aromatic nitrogens is 2. The normalized spacial score (nSPS) is 16.4. The molecule has 1 aliphatic heterocycles. The van der Waals surface area contributed by atoms with Crippen LogP contribution in [0.15, 0.2) is 23.8 Å². The largest absolute Gasteiger partial charge is 0.496 e. The molecule has 0 radical (unpaired) electrons. The van der Waals surface area contributed by atoms with Crippen molar-refractivity contribution in [2.75, 3.05) is 31.6 Å². The number of hydrogen-bond donors (Lipinski definition) is 0. The Hall–Kier alpha value is -2.41. The number of allylic oxidation sites excluding steroid dienone is 1. The maximum absolute atomic E-state index is 13.1. The summed E-state index contributed by atoms with van der Waals surface area (Å²) in [6.07, 6.45) is 7.81. The molecule has 0 aromatic carbocycles. The first-order valence-corrected chi connectivity index (χ1v) is 12.1. The van der Waals surface area contributed by atoms with Crippen molar-refractivity contribution in [3.8, 4) is 5.75 Å². The van der Waals surface area contributed by atoms with Crippen molar-refractivity contribution >= 4 is 29.1 Å². The molecule has 3 heterocycles. The van der Waals surface area contributed by atoms with E-state index in [1.54, 1.807) is 13.4 Å². The highest BCUT2D eigenvalue weighted by Crippen LogP contribution is 2.46. The number of methoxy groups -OCH3 is 1. The van der Waals surface area contributed by atoms with Crippen LogP contribution in [0.25, 0.3) is 6.08 Å².